The zero-order valence-electron chi connectivity index (χ0n) is 8.06. The van der Waals surface area contributed by atoms with Crippen LogP contribution in [0.3, 0.4) is 0 Å². The van der Waals surface area contributed by atoms with Crippen LogP contribution >= 0.6 is 12.2 Å². The van der Waals surface area contributed by atoms with Crippen LogP contribution in [0.2, 0.25) is 0 Å². The van der Waals surface area contributed by atoms with Crippen LogP contribution in [-0.4, -0.2) is 27.6 Å². The molecule has 2 rings (SSSR count). The van der Waals surface area contributed by atoms with Gasteiger partial charge >= 0.3 is 5.97 Å². The Kier molecular flexibility index (Phi) is 2.51. The van der Waals surface area contributed by atoms with Gasteiger partial charge < -0.3 is 14.3 Å². The second-order valence-corrected chi connectivity index (χ2v) is 3.37. The van der Waals surface area contributed by atoms with Gasteiger partial charge in [0.15, 0.2) is 4.77 Å². The zero-order chi connectivity index (χ0) is 10.8. The van der Waals surface area contributed by atoms with E-state index >= 15 is 0 Å². The lowest BCUT2D eigenvalue weighted by Crippen LogP contribution is -2.11. The summed E-state index contributed by atoms with van der Waals surface area (Å²) in [4.78, 5) is 18.1. The van der Waals surface area contributed by atoms with Crippen molar-refractivity contribution in [3.63, 3.8) is 0 Å². The number of imidazole rings is 1. The molecule has 0 bridgehead atoms. The first-order valence-electron chi connectivity index (χ1n) is 4.31. The fourth-order valence-corrected chi connectivity index (χ4v) is 1.63. The number of hydrogen-bond acceptors (Lipinski definition) is 4. The summed E-state index contributed by atoms with van der Waals surface area (Å²) in [5.41, 5.74) is 1.66. The van der Waals surface area contributed by atoms with Crippen molar-refractivity contribution >= 4 is 29.2 Å². The van der Waals surface area contributed by atoms with Crippen molar-refractivity contribution in [2.45, 2.75) is 6.54 Å². The van der Waals surface area contributed by atoms with Gasteiger partial charge in [0, 0.05) is 6.20 Å². The number of carbonyl (C=O) groups excluding carboxylic acids is 1. The van der Waals surface area contributed by atoms with Crippen molar-refractivity contribution in [1.29, 1.82) is 0 Å². The number of carbonyl (C=O) groups is 1. The first kappa shape index (κ1) is 9.85. The fourth-order valence-electron chi connectivity index (χ4n) is 1.36. The summed E-state index contributed by atoms with van der Waals surface area (Å²) < 4.78 is 6.76. The maximum absolute atomic E-state index is 11.2. The Morgan fingerprint density at radius 2 is 2.53 bits per heavy atom. The predicted molar refractivity (Wildman–Crippen MR) is 56.9 cm³/mol. The van der Waals surface area contributed by atoms with E-state index in [0.717, 1.165) is 11.0 Å². The van der Waals surface area contributed by atoms with Crippen LogP contribution in [0.4, 0.5) is 0 Å². The molecule has 6 heteroatoms. The highest BCUT2D eigenvalue weighted by Gasteiger charge is 2.08. The number of ether oxygens (including phenoxy) is 1. The van der Waals surface area contributed by atoms with Crippen LogP contribution in [0.25, 0.3) is 11.0 Å². The molecule has 0 aliphatic heterocycles. The van der Waals surface area contributed by atoms with Crippen molar-refractivity contribution in [2.24, 2.45) is 0 Å². The molecule has 2 aromatic heterocycles. The van der Waals surface area contributed by atoms with Crippen LogP contribution in [0.1, 0.15) is 0 Å². The Morgan fingerprint density at radius 1 is 1.73 bits per heavy atom. The van der Waals surface area contributed by atoms with Gasteiger partial charge in [-0.25, -0.2) is 0 Å². The monoisotopic (exact) mass is 223 g/mol. The normalized spacial score (nSPS) is 10.5. The first-order valence-corrected chi connectivity index (χ1v) is 4.72. The van der Waals surface area contributed by atoms with Gasteiger partial charge in [-0.3, -0.25) is 9.78 Å². The lowest BCUT2D eigenvalue weighted by Gasteiger charge is -2.01. The molecule has 2 heterocycles. The van der Waals surface area contributed by atoms with Gasteiger partial charge in [-0.2, -0.15) is 0 Å². The van der Waals surface area contributed by atoms with Gasteiger partial charge in [0.25, 0.3) is 0 Å². The molecule has 0 aliphatic rings. The summed E-state index contributed by atoms with van der Waals surface area (Å²) in [6.45, 7) is 0.110. The van der Waals surface area contributed by atoms with Crippen molar-refractivity contribution in [1.82, 2.24) is 14.5 Å². The van der Waals surface area contributed by atoms with E-state index in [0.29, 0.717) is 4.77 Å². The van der Waals surface area contributed by atoms with E-state index in [1.54, 1.807) is 23.0 Å². The largest absolute Gasteiger partial charge is 0.468 e. The average Bonchev–Trinajstić information content (AvgIpc) is 2.55. The predicted octanol–water partition coefficient (Wildman–Crippen LogP) is 1.27. The zero-order valence-corrected chi connectivity index (χ0v) is 8.87. The molecule has 78 valence electrons. The highest BCUT2D eigenvalue weighted by Crippen LogP contribution is 2.11. The third kappa shape index (κ3) is 1.75. The van der Waals surface area contributed by atoms with Gasteiger partial charge in [-0.15, -0.1) is 0 Å². The lowest BCUT2D eigenvalue weighted by molar-refractivity contribution is -0.141. The van der Waals surface area contributed by atoms with Crippen LogP contribution in [-0.2, 0) is 16.1 Å². The molecule has 0 saturated carbocycles. The summed E-state index contributed by atoms with van der Waals surface area (Å²) in [5, 5.41) is 0. The van der Waals surface area contributed by atoms with Crippen molar-refractivity contribution in [2.75, 3.05) is 7.11 Å². The van der Waals surface area contributed by atoms with E-state index in [9.17, 15) is 4.79 Å². The number of pyridine rings is 1. The Hall–Kier alpha value is -1.69. The topological polar surface area (TPSA) is 59.9 Å². The second kappa shape index (κ2) is 3.82. The number of aromatic nitrogens is 3. The number of H-pyrrole nitrogens is 1. The molecule has 0 aliphatic carbocycles. The number of nitrogens with zero attached hydrogens (tertiary/aromatic N) is 2. The number of hydrogen-bond donors (Lipinski definition) is 1. The van der Waals surface area contributed by atoms with Crippen LogP contribution in [0.5, 0.6) is 0 Å². The average molecular weight is 223 g/mol. The number of fused-ring (bicyclic) bond motifs is 1. The van der Waals surface area contributed by atoms with E-state index in [4.69, 9.17) is 12.2 Å². The molecule has 0 saturated heterocycles. The first-order chi connectivity index (χ1) is 7.22. The van der Waals surface area contributed by atoms with Gasteiger partial charge in [0.2, 0.25) is 0 Å². The molecule has 0 radical (unpaired) electrons. The Morgan fingerprint density at radius 3 is 3.27 bits per heavy atom. The highest BCUT2D eigenvalue weighted by atomic mass is 32.1. The molecule has 0 atom stereocenters. The second-order valence-electron chi connectivity index (χ2n) is 2.99. The van der Waals surface area contributed by atoms with E-state index in [1.807, 2.05) is 0 Å². The minimum absolute atomic E-state index is 0.110. The molecule has 0 fully saturated rings. The molecular weight excluding hydrogens is 214 g/mol. The molecule has 15 heavy (non-hydrogen) atoms. The van der Waals surface area contributed by atoms with Crippen molar-refractivity contribution in [3.05, 3.63) is 23.2 Å². The fraction of sp³-hybridized carbons (Fsp3) is 0.222. The molecule has 1 N–H and O–H groups in total. The van der Waals surface area contributed by atoms with Crippen molar-refractivity contribution < 1.29 is 9.53 Å². The van der Waals surface area contributed by atoms with E-state index in [2.05, 4.69) is 14.7 Å². The van der Waals surface area contributed by atoms with Crippen LogP contribution < -0.4 is 0 Å². The third-order valence-corrected chi connectivity index (χ3v) is 2.41. The molecule has 0 spiro atoms. The Labute approximate surface area is 90.7 Å². The number of rotatable bonds is 2. The van der Waals surface area contributed by atoms with Gasteiger partial charge in [0.1, 0.15) is 6.54 Å². The number of esters is 1. The van der Waals surface area contributed by atoms with Crippen molar-refractivity contribution in [3.8, 4) is 0 Å². The molecular formula is C9H9N3O2S. The van der Waals surface area contributed by atoms with E-state index in [1.165, 1.54) is 7.11 Å². The summed E-state index contributed by atoms with van der Waals surface area (Å²) in [5.74, 6) is -0.330. The number of nitrogens with one attached hydrogen (secondary N) is 1. The summed E-state index contributed by atoms with van der Waals surface area (Å²) >= 11 is 5.09. The minimum Gasteiger partial charge on any atom is -0.468 e. The quantitative estimate of drug-likeness (QED) is 0.615. The minimum atomic E-state index is -0.330. The van der Waals surface area contributed by atoms with Crippen LogP contribution in [0.15, 0.2) is 18.5 Å². The third-order valence-electron chi connectivity index (χ3n) is 2.09. The van der Waals surface area contributed by atoms with Gasteiger partial charge in [-0.05, 0) is 18.3 Å². The molecule has 2 aromatic rings. The Bertz CT molecular complexity index is 558. The summed E-state index contributed by atoms with van der Waals surface area (Å²) in [6.07, 6.45) is 3.32. The van der Waals surface area contributed by atoms with Gasteiger partial charge in [0.05, 0.1) is 24.3 Å². The molecule has 0 amide bonds. The molecule has 0 unspecified atom stereocenters. The smallest absolute Gasteiger partial charge is 0.325 e. The standard InChI is InChI=1S/C9H9N3O2S/c1-14-8(13)5-12-7-2-3-10-4-6(7)11-9(12)15/h2-4H,5H2,1H3,(H,11,15). The summed E-state index contributed by atoms with van der Waals surface area (Å²) in [6, 6.07) is 1.80. The highest BCUT2D eigenvalue weighted by molar-refractivity contribution is 7.71. The maximum atomic E-state index is 11.2. The maximum Gasteiger partial charge on any atom is 0.325 e. The summed E-state index contributed by atoms with van der Waals surface area (Å²) in [7, 11) is 1.35. The number of aromatic amines is 1. The lowest BCUT2D eigenvalue weighted by atomic mass is 10.4. The number of methoxy groups -OCH3 is 1. The molecule has 5 nitrogen and oxygen atoms in total. The molecule has 0 aromatic carbocycles. The Balaban J connectivity index is 2.54. The van der Waals surface area contributed by atoms with Crippen LogP contribution in [0, 0.1) is 4.77 Å². The van der Waals surface area contributed by atoms with E-state index < -0.39 is 0 Å². The van der Waals surface area contributed by atoms with E-state index in [-0.39, 0.29) is 12.5 Å². The SMILES string of the molecule is COC(=O)Cn1c(=S)[nH]c2cnccc21. The van der Waals surface area contributed by atoms with Gasteiger partial charge in [-0.1, -0.05) is 0 Å².